The number of nitrogens with one attached hydrogen (secondary N) is 2. The van der Waals surface area contributed by atoms with Crippen LogP contribution >= 0.6 is 23.2 Å². The Morgan fingerprint density at radius 2 is 2.05 bits per heavy atom. The molecular formula is C12H16Cl2N2O3. The largest absolute Gasteiger partial charge is 0.467 e. The number of aromatic amines is 1. The van der Waals surface area contributed by atoms with Crippen molar-refractivity contribution in [1.82, 2.24) is 10.3 Å². The molecule has 0 bridgehead atoms. The molecule has 1 amide bonds. The maximum Gasteiger partial charge on any atom is 0.328 e. The van der Waals surface area contributed by atoms with Crippen LogP contribution in [0.2, 0.25) is 10.2 Å². The maximum atomic E-state index is 12.0. The van der Waals surface area contributed by atoms with E-state index in [4.69, 9.17) is 23.2 Å². The number of ether oxygens (including phenoxy) is 1. The summed E-state index contributed by atoms with van der Waals surface area (Å²) < 4.78 is 4.66. The zero-order valence-electron chi connectivity index (χ0n) is 10.9. The van der Waals surface area contributed by atoms with Crippen LogP contribution < -0.4 is 5.32 Å². The lowest BCUT2D eigenvalue weighted by molar-refractivity contribution is -0.143. The Labute approximate surface area is 121 Å². The summed E-state index contributed by atoms with van der Waals surface area (Å²) >= 11 is 11.5. The molecule has 0 aliphatic heterocycles. The molecule has 1 rings (SSSR count). The number of aromatic nitrogens is 1. The minimum absolute atomic E-state index is 0.185. The number of amides is 1. The quantitative estimate of drug-likeness (QED) is 0.822. The van der Waals surface area contributed by atoms with Gasteiger partial charge in [0.05, 0.1) is 12.1 Å². The standard InChI is InChI=1S/C12H16Cl2N2O3/c1-6(2)4-9(12(18)19-3)16-11(17)8-5-7(13)10(14)15-8/h5-6,9,15H,4H2,1-3H3,(H,16,17). The van der Waals surface area contributed by atoms with E-state index in [-0.39, 0.29) is 21.8 Å². The summed E-state index contributed by atoms with van der Waals surface area (Å²) in [5.41, 5.74) is 0.202. The molecule has 0 aliphatic rings. The molecule has 0 fully saturated rings. The van der Waals surface area contributed by atoms with Crippen LogP contribution in [0.3, 0.4) is 0 Å². The number of hydrogen-bond acceptors (Lipinski definition) is 3. The number of carbonyl (C=O) groups is 2. The van der Waals surface area contributed by atoms with Gasteiger partial charge in [0.2, 0.25) is 0 Å². The molecule has 1 unspecified atom stereocenters. The summed E-state index contributed by atoms with van der Waals surface area (Å²) in [4.78, 5) is 26.2. The van der Waals surface area contributed by atoms with Crippen LogP contribution in [0.4, 0.5) is 0 Å². The lowest BCUT2D eigenvalue weighted by Gasteiger charge is -2.17. The fourth-order valence-electron chi connectivity index (χ4n) is 1.59. The van der Waals surface area contributed by atoms with Crippen molar-refractivity contribution in [2.45, 2.75) is 26.3 Å². The monoisotopic (exact) mass is 306 g/mol. The fourth-order valence-corrected chi connectivity index (χ4v) is 1.90. The lowest BCUT2D eigenvalue weighted by atomic mass is 10.0. The highest BCUT2D eigenvalue weighted by atomic mass is 35.5. The first-order chi connectivity index (χ1) is 8.85. The number of esters is 1. The van der Waals surface area contributed by atoms with E-state index < -0.39 is 17.9 Å². The molecule has 106 valence electrons. The summed E-state index contributed by atoms with van der Waals surface area (Å²) in [7, 11) is 1.28. The molecule has 1 heterocycles. The van der Waals surface area contributed by atoms with E-state index in [9.17, 15) is 9.59 Å². The number of methoxy groups -OCH3 is 1. The van der Waals surface area contributed by atoms with Crippen molar-refractivity contribution in [1.29, 1.82) is 0 Å². The zero-order chi connectivity index (χ0) is 14.6. The number of rotatable bonds is 5. The van der Waals surface area contributed by atoms with Gasteiger partial charge >= 0.3 is 5.97 Å². The molecule has 1 atom stereocenters. The van der Waals surface area contributed by atoms with E-state index in [1.165, 1.54) is 13.2 Å². The highest BCUT2D eigenvalue weighted by Gasteiger charge is 2.24. The summed E-state index contributed by atoms with van der Waals surface area (Å²) in [6.07, 6.45) is 0.487. The fraction of sp³-hybridized carbons (Fsp3) is 0.500. The minimum Gasteiger partial charge on any atom is -0.467 e. The van der Waals surface area contributed by atoms with Crippen molar-refractivity contribution < 1.29 is 14.3 Å². The van der Waals surface area contributed by atoms with Crippen LogP contribution in [0.15, 0.2) is 6.07 Å². The van der Waals surface area contributed by atoms with Gasteiger partial charge in [-0.1, -0.05) is 37.0 Å². The Kier molecular flexibility index (Phi) is 5.69. The van der Waals surface area contributed by atoms with E-state index in [0.717, 1.165) is 0 Å². The average molecular weight is 307 g/mol. The molecular weight excluding hydrogens is 291 g/mol. The van der Waals surface area contributed by atoms with Gasteiger partial charge in [0, 0.05) is 0 Å². The van der Waals surface area contributed by atoms with Gasteiger partial charge in [-0.15, -0.1) is 0 Å². The number of halogens is 2. The van der Waals surface area contributed by atoms with Gasteiger partial charge in [0.1, 0.15) is 16.9 Å². The summed E-state index contributed by atoms with van der Waals surface area (Å²) in [6, 6.07) is 0.710. The van der Waals surface area contributed by atoms with Gasteiger partial charge in [0.15, 0.2) is 0 Å². The van der Waals surface area contributed by atoms with Gasteiger partial charge in [-0.25, -0.2) is 4.79 Å². The van der Waals surface area contributed by atoms with Crippen molar-refractivity contribution in [3.05, 3.63) is 21.9 Å². The Morgan fingerprint density at radius 3 is 2.47 bits per heavy atom. The van der Waals surface area contributed by atoms with E-state index in [2.05, 4.69) is 15.0 Å². The molecule has 0 saturated carbocycles. The number of carbonyl (C=O) groups excluding carboxylic acids is 2. The van der Waals surface area contributed by atoms with Gasteiger partial charge in [0.25, 0.3) is 5.91 Å². The number of H-pyrrole nitrogens is 1. The predicted molar refractivity (Wildman–Crippen MR) is 73.5 cm³/mol. The average Bonchev–Trinajstić information content (AvgIpc) is 2.67. The molecule has 0 saturated heterocycles. The topological polar surface area (TPSA) is 71.2 Å². The van der Waals surface area contributed by atoms with Gasteiger partial charge < -0.3 is 15.0 Å². The molecule has 19 heavy (non-hydrogen) atoms. The highest BCUT2D eigenvalue weighted by molar-refractivity contribution is 6.41. The SMILES string of the molecule is COC(=O)C(CC(C)C)NC(=O)c1cc(Cl)c(Cl)[nH]1. The second-order valence-corrected chi connectivity index (χ2v) is 5.31. The first-order valence-electron chi connectivity index (χ1n) is 5.77. The molecule has 0 aromatic carbocycles. The van der Waals surface area contributed by atoms with Gasteiger partial charge in [-0.3, -0.25) is 4.79 Å². The Morgan fingerprint density at radius 1 is 1.42 bits per heavy atom. The minimum atomic E-state index is -0.696. The van der Waals surface area contributed by atoms with Crippen molar-refractivity contribution in [2.75, 3.05) is 7.11 Å². The summed E-state index contributed by atoms with van der Waals surface area (Å²) in [6.45, 7) is 3.90. The van der Waals surface area contributed by atoms with Gasteiger partial charge in [-0.2, -0.15) is 0 Å². The van der Waals surface area contributed by atoms with E-state index in [0.29, 0.717) is 6.42 Å². The molecule has 1 aromatic rings. The third-order valence-corrected chi connectivity index (χ3v) is 3.16. The van der Waals surface area contributed by atoms with Crippen LogP contribution in [-0.2, 0) is 9.53 Å². The van der Waals surface area contributed by atoms with Crippen molar-refractivity contribution in [3.8, 4) is 0 Å². The smallest absolute Gasteiger partial charge is 0.328 e. The van der Waals surface area contributed by atoms with Crippen molar-refractivity contribution in [3.63, 3.8) is 0 Å². The third kappa shape index (κ3) is 4.44. The van der Waals surface area contributed by atoms with Crippen molar-refractivity contribution in [2.24, 2.45) is 5.92 Å². The molecule has 1 aromatic heterocycles. The lowest BCUT2D eigenvalue weighted by Crippen LogP contribution is -2.42. The van der Waals surface area contributed by atoms with Crippen LogP contribution in [-0.4, -0.2) is 30.0 Å². The molecule has 0 spiro atoms. The number of hydrogen-bond donors (Lipinski definition) is 2. The Bertz CT molecular complexity index is 452. The predicted octanol–water partition coefficient (Wildman–Crippen LogP) is 2.64. The molecule has 2 N–H and O–H groups in total. The second-order valence-electron chi connectivity index (χ2n) is 4.52. The zero-order valence-corrected chi connectivity index (χ0v) is 12.4. The maximum absolute atomic E-state index is 12.0. The van der Waals surface area contributed by atoms with E-state index >= 15 is 0 Å². The van der Waals surface area contributed by atoms with Crippen LogP contribution in [0, 0.1) is 5.92 Å². The molecule has 5 nitrogen and oxygen atoms in total. The van der Waals surface area contributed by atoms with Gasteiger partial charge in [-0.05, 0) is 18.4 Å². The molecule has 7 heteroatoms. The van der Waals surface area contributed by atoms with Crippen molar-refractivity contribution >= 4 is 35.1 Å². The normalized spacial score (nSPS) is 12.3. The summed E-state index contributed by atoms with van der Waals surface area (Å²) in [5, 5.41) is 3.03. The first kappa shape index (κ1) is 15.9. The summed E-state index contributed by atoms with van der Waals surface area (Å²) in [5.74, 6) is -0.698. The highest BCUT2D eigenvalue weighted by Crippen LogP contribution is 2.21. The van der Waals surface area contributed by atoms with Crippen LogP contribution in [0.5, 0.6) is 0 Å². The third-order valence-electron chi connectivity index (χ3n) is 2.47. The molecule has 0 radical (unpaired) electrons. The van der Waals surface area contributed by atoms with Crippen LogP contribution in [0.25, 0.3) is 0 Å². The van der Waals surface area contributed by atoms with E-state index in [1.807, 2.05) is 13.8 Å². The molecule has 0 aliphatic carbocycles. The second kappa shape index (κ2) is 6.82. The Hall–Kier alpha value is -1.20. The first-order valence-corrected chi connectivity index (χ1v) is 6.53. The van der Waals surface area contributed by atoms with Crippen LogP contribution in [0.1, 0.15) is 30.8 Å². The van der Waals surface area contributed by atoms with E-state index in [1.54, 1.807) is 0 Å². The Balaban J connectivity index is 2.78.